The van der Waals surface area contributed by atoms with Gasteiger partial charge in [0.15, 0.2) is 0 Å². The predicted octanol–water partition coefficient (Wildman–Crippen LogP) is 0.209. The molecule has 2 aromatic rings. The second-order valence-electron chi connectivity index (χ2n) is 5.53. The number of nitrogens with zero attached hydrogens (tertiary/aromatic N) is 2. The zero-order chi connectivity index (χ0) is 15.9. The molecule has 0 spiro atoms. The first-order valence-corrected chi connectivity index (χ1v) is 6.92. The molecule has 1 fully saturated rings. The molecule has 1 amide bonds. The summed E-state index contributed by atoms with van der Waals surface area (Å²) in [5.41, 5.74) is -0.895. The average Bonchev–Trinajstić information content (AvgIpc) is 3.25. The molecular weight excluding hydrogens is 286 g/mol. The molecule has 0 radical (unpaired) electrons. The Labute approximate surface area is 125 Å². The molecular formula is C15H15N3O4. The number of aliphatic carboxylic acids is 1. The van der Waals surface area contributed by atoms with Gasteiger partial charge < -0.3 is 10.4 Å². The normalized spacial score (nSPS) is 15.5. The van der Waals surface area contributed by atoms with E-state index in [0.29, 0.717) is 29.3 Å². The van der Waals surface area contributed by atoms with Gasteiger partial charge in [0.25, 0.3) is 5.56 Å². The van der Waals surface area contributed by atoms with Gasteiger partial charge in [0.05, 0.1) is 17.5 Å². The molecule has 0 atom stereocenters. The van der Waals surface area contributed by atoms with Crippen molar-refractivity contribution in [3.63, 3.8) is 0 Å². The molecule has 3 rings (SSSR count). The Bertz CT molecular complexity index is 836. The largest absolute Gasteiger partial charge is 0.480 e. The SMILES string of the molecule is Cn1nc(CC(=O)NC2(C(=O)O)CC2)c2ccccc2c1=O. The molecule has 1 aromatic carbocycles. The van der Waals surface area contributed by atoms with E-state index in [1.807, 2.05) is 0 Å². The van der Waals surface area contributed by atoms with Crippen molar-refractivity contribution in [3.8, 4) is 0 Å². The molecule has 0 bridgehead atoms. The first-order chi connectivity index (χ1) is 10.4. The van der Waals surface area contributed by atoms with Crippen LogP contribution in [0, 0.1) is 0 Å². The lowest BCUT2D eigenvalue weighted by Crippen LogP contribution is -2.44. The van der Waals surface area contributed by atoms with Crippen LogP contribution >= 0.6 is 0 Å². The van der Waals surface area contributed by atoms with Crippen LogP contribution in [0.1, 0.15) is 18.5 Å². The van der Waals surface area contributed by atoms with E-state index in [9.17, 15) is 14.4 Å². The third kappa shape index (κ3) is 2.34. The molecule has 7 heteroatoms. The number of hydrogen-bond donors (Lipinski definition) is 2. The topological polar surface area (TPSA) is 101 Å². The van der Waals surface area contributed by atoms with Crippen molar-refractivity contribution in [1.29, 1.82) is 0 Å². The van der Waals surface area contributed by atoms with E-state index in [0.717, 1.165) is 0 Å². The monoisotopic (exact) mass is 301 g/mol. The van der Waals surface area contributed by atoms with E-state index in [-0.39, 0.29) is 12.0 Å². The number of rotatable bonds is 4. The van der Waals surface area contributed by atoms with Gasteiger partial charge in [0, 0.05) is 12.4 Å². The van der Waals surface area contributed by atoms with Crippen molar-refractivity contribution in [2.75, 3.05) is 0 Å². The van der Waals surface area contributed by atoms with Crippen molar-refractivity contribution in [3.05, 3.63) is 40.3 Å². The quantitative estimate of drug-likeness (QED) is 0.840. The Morgan fingerprint density at radius 2 is 1.95 bits per heavy atom. The van der Waals surface area contributed by atoms with Gasteiger partial charge >= 0.3 is 5.97 Å². The van der Waals surface area contributed by atoms with Crippen LogP contribution in [0.2, 0.25) is 0 Å². The number of hydrogen-bond acceptors (Lipinski definition) is 4. The van der Waals surface area contributed by atoms with E-state index in [4.69, 9.17) is 5.11 Å². The smallest absolute Gasteiger partial charge is 0.329 e. The van der Waals surface area contributed by atoms with Gasteiger partial charge in [-0.1, -0.05) is 18.2 Å². The molecule has 1 saturated carbocycles. The second-order valence-corrected chi connectivity index (χ2v) is 5.53. The highest BCUT2D eigenvalue weighted by Gasteiger charge is 2.51. The van der Waals surface area contributed by atoms with Crippen LogP contribution < -0.4 is 10.9 Å². The first-order valence-electron chi connectivity index (χ1n) is 6.92. The Hall–Kier alpha value is -2.70. The molecule has 1 aliphatic carbocycles. The summed E-state index contributed by atoms with van der Waals surface area (Å²) in [5.74, 6) is -1.42. The Morgan fingerprint density at radius 1 is 1.32 bits per heavy atom. The van der Waals surface area contributed by atoms with Crippen LogP contribution in [0.15, 0.2) is 29.1 Å². The molecule has 7 nitrogen and oxygen atoms in total. The molecule has 2 N–H and O–H groups in total. The summed E-state index contributed by atoms with van der Waals surface area (Å²) < 4.78 is 1.19. The maximum absolute atomic E-state index is 12.1. The minimum atomic E-state index is -1.12. The highest BCUT2D eigenvalue weighted by atomic mass is 16.4. The molecule has 1 heterocycles. The van der Waals surface area contributed by atoms with E-state index in [1.54, 1.807) is 24.3 Å². The molecule has 0 unspecified atom stereocenters. The summed E-state index contributed by atoms with van der Waals surface area (Å²) in [6.45, 7) is 0. The minimum Gasteiger partial charge on any atom is -0.480 e. The number of nitrogens with one attached hydrogen (secondary N) is 1. The van der Waals surface area contributed by atoms with Crippen molar-refractivity contribution in [1.82, 2.24) is 15.1 Å². The van der Waals surface area contributed by atoms with Gasteiger partial charge in [0.1, 0.15) is 5.54 Å². The fourth-order valence-electron chi connectivity index (χ4n) is 2.49. The molecule has 0 aliphatic heterocycles. The van der Waals surface area contributed by atoms with Crippen LogP contribution in [0.4, 0.5) is 0 Å². The van der Waals surface area contributed by atoms with Gasteiger partial charge in [0.2, 0.25) is 5.91 Å². The first kappa shape index (κ1) is 14.2. The lowest BCUT2D eigenvalue weighted by Gasteiger charge is -2.13. The fraction of sp³-hybridized carbons (Fsp3) is 0.333. The highest BCUT2D eigenvalue weighted by molar-refractivity contribution is 5.92. The number of aryl methyl sites for hydroxylation is 1. The fourth-order valence-corrected chi connectivity index (χ4v) is 2.49. The average molecular weight is 301 g/mol. The Kier molecular flexibility index (Phi) is 3.20. The highest BCUT2D eigenvalue weighted by Crippen LogP contribution is 2.35. The molecule has 114 valence electrons. The number of fused-ring (bicyclic) bond motifs is 1. The maximum Gasteiger partial charge on any atom is 0.329 e. The number of carboxylic acid groups (broad SMARTS) is 1. The van der Waals surface area contributed by atoms with E-state index >= 15 is 0 Å². The van der Waals surface area contributed by atoms with Crippen LogP contribution in [0.5, 0.6) is 0 Å². The number of aromatic nitrogens is 2. The summed E-state index contributed by atoms with van der Waals surface area (Å²) in [6, 6.07) is 6.93. The Balaban J connectivity index is 1.91. The summed E-state index contributed by atoms with van der Waals surface area (Å²) in [7, 11) is 1.52. The second kappa shape index (κ2) is 4.94. The van der Waals surface area contributed by atoms with Gasteiger partial charge in [-0.3, -0.25) is 9.59 Å². The number of carbonyl (C=O) groups excluding carboxylic acids is 1. The molecule has 22 heavy (non-hydrogen) atoms. The zero-order valence-corrected chi connectivity index (χ0v) is 12.0. The van der Waals surface area contributed by atoms with Crippen LogP contribution in [0.3, 0.4) is 0 Å². The van der Waals surface area contributed by atoms with E-state index in [2.05, 4.69) is 10.4 Å². The van der Waals surface area contributed by atoms with Gasteiger partial charge in [-0.25, -0.2) is 9.48 Å². The third-order valence-electron chi connectivity index (χ3n) is 3.90. The standard InChI is InChI=1S/C15H15N3O4/c1-18-13(20)10-5-3-2-4-9(10)11(17-18)8-12(19)16-15(6-7-15)14(21)22/h2-5H,6-8H2,1H3,(H,16,19)(H,21,22). The number of carbonyl (C=O) groups is 2. The molecule has 1 aromatic heterocycles. The molecule has 1 aliphatic rings. The maximum atomic E-state index is 12.1. The van der Waals surface area contributed by atoms with Crippen molar-refractivity contribution < 1.29 is 14.7 Å². The summed E-state index contributed by atoms with van der Waals surface area (Å²) in [6.07, 6.45) is 0.814. The Morgan fingerprint density at radius 3 is 2.55 bits per heavy atom. The van der Waals surface area contributed by atoms with E-state index in [1.165, 1.54) is 11.7 Å². The molecule has 0 saturated heterocycles. The minimum absolute atomic E-state index is 0.0658. The van der Waals surface area contributed by atoms with Gasteiger partial charge in [-0.15, -0.1) is 0 Å². The number of carboxylic acids is 1. The zero-order valence-electron chi connectivity index (χ0n) is 12.0. The van der Waals surface area contributed by atoms with Gasteiger partial charge in [-0.05, 0) is 18.9 Å². The van der Waals surface area contributed by atoms with Crippen molar-refractivity contribution in [2.24, 2.45) is 7.05 Å². The van der Waals surface area contributed by atoms with Crippen LogP contribution in [-0.2, 0) is 23.1 Å². The lowest BCUT2D eigenvalue weighted by molar-refractivity contribution is -0.143. The van der Waals surface area contributed by atoms with Crippen LogP contribution in [0.25, 0.3) is 10.8 Å². The predicted molar refractivity (Wildman–Crippen MR) is 78.4 cm³/mol. The summed E-state index contributed by atoms with van der Waals surface area (Å²) in [5, 5.41) is 16.9. The van der Waals surface area contributed by atoms with E-state index < -0.39 is 17.4 Å². The number of amides is 1. The lowest BCUT2D eigenvalue weighted by atomic mass is 10.1. The van der Waals surface area contributed by atoms with Gasteiger partial charge in [-0.2, -0.15) is 5.10 Å². The third-order valence-corrected chi connectivity index (χ3v) is 3.90. The van der Waals surface area contributed by atoms with Crippen LogP contribution in [-0.4, -0.2) is 32.3 Å². The number of benzene rings is 1. The van der Waals surface area contributed by atoms with Crippen molar-refractivity contribution >= 4 is 22.6 Å². The summed E-state index contributed by atoms with van der Waals surface area (Å²) >= 11 is 0. The van der Waals surface area contributed by atoms with Crippen molar-refractivity contribution in [2.45, 2.75) is 24.8 Å². The summed E-state index contributed by atoms with van der Waals surface area (Å²) in [4.78, 5) is 35.2.